The maximum atomic E-state index is 12.2. The standard InChI is InChI=1S/C18H21N3O2S/c1-13-17(24-10-8-19-13)15-6-4-14(5-7-15)11-20-18(23)16-3-2-9-21(16)12-22/h4-8,12,16H,2-3,9-11H2,1H3,(H,20,23). The molecule has 1 unspecified atom stereocenters. The van der Waals surface area contributed by atoms with E-state index in [1.807, 2.05) is 25.3 Å². The van der Waals surface area contributed by atoms with E-state index < -0.39 is 0 Å². The summed E-state index contributed by atoms with van der Waals surface area (Å²) in [7, 11) is 0. The van der Waals surface area contributed by atoms with Crippen molar-refractivity contribution in [3.63, 3.8) is 0 Å². The number of likely N-dealkylation sites (tertiary alicyclic amines) is 1. The lowest BCUT2D eigenvalue weighted by atomic mass is 10.1. The Kier molecular flexibility index (Phi) is 5.35. The van der Waals surface area contributed by atoms with Gasteiger partial charge in [0.25, 0.3) is 0 Å². The topological polar surface area (TPSA) is 61.8 Å². The molecular weight excluding hydrogens is 322 g/mol. The molecule has 1 atom stereocenters. The van der Waals surface area contributed by atoms with Gasteiger partial charge < -0.3 is 10.2 Å². The Bertz CT molecular complexity index is 682. The molecule has 0 saturated carbocycles. The van der Waals surface area contributed by atoms with E-state index in [2.05, 4.69) is 22.4 Å². The first-order valence-electron chi connectivity index (χ1n) is 8.13. The molecule has 1 aromatic carbocycles. The van der Waals surface area contributed by atoms with Gasteiger partial charge in [-0.3, -0.25) is 14.6 Å². The molecule has 0 bridgehead atoms. The van der Waals surface area contributed by atoms with Crippen molar-refractivity contribution < 1.29 is 9.59 Å². The monoisotopic (exact) mass is 343 g/mol. The largest absolute Gasteiger partial charge is 0.350 e. The van der Waals surface area contributed by atoms with Crippen molar-refractivity contribution in [1.82, 2.24) is 10.2 Å². The number of nitrogens with zero attached hydrogens (tertiary/aromatic N) is 2. The Balaban J connectivity index is 1.59. The van der Waals surface area contributed by atoms with E-state index in [0.29, 0.717) is 13.1 Å². The average molecular weight is 343 g/mol. The van der Waals surface area contributed by atoms with Crippen LogP contribution in [0.5, 0.6) is 0 Å². The van der Waals surface area contributed by atoms with Crippen LogP contribution in [0, 0.1) is 0 Å². The van der Waals surface area contributed by atoms with E-state index in [4.69, 9.17) is 0 Å². The average Bonchev–Trinajstić information content (AvgIpc) is 3.09. The molecule has 2 aliphatic rings. The highest BCUT2D eigenvalue weighted by Gasteiger charge is 2.29. The Labute approximate surface area is 146 Å². The molecule has 2 heterocycles. The minimum Gasteiger partial charge on any atom is -0.350 e. The number of carbonyl (C=O) groups is 2. The maximum Gasteiger partial charge on any atom is 0.243 e. The molecule has 1 fully saturated rings. The summed E-state index contributed by atoms with van der Waals surface area (Å²) >= 11 is 1.79. The third kappa shape index (κ3) is 3.70. The number of thioether (sulfide) groups is 1. The third-order valence-electron chi connectivity index (χ3n) is 4.33. The van der Waals surface area contributed by atoms with Crippen molar-refractivity contribution in [3.8, 4) is 0 Å². The summed E-state index contributed by atoms with van der Waals surface area (Å²) in [5.41, 5.74) is 3.25. The summed E-state index contributed by atoms with van der Waals surface area (Å²) in [5.74, 6) is 0.832. The SMILES string of the molecule is CC1=C(c2ccc(CNC(=O)C3CCCN3C=O)cc2)SCC=N1. The molecule has 0 spiro atoms. The van der Waals surface area contributed by atoms with E-state index in [9.17, 15) is 9.59 Å². The minimum absolute atomic E-state index is 0.0700. The lowest BCUT2D eigenvalue weighted by molar-refractivity contribution is -0.131. The first-order chi connectivity index (χ1) is 11.7. The van der Waals surface area contributed by atoms with Gasteiger partial charge in [-0.15, -0.1) is 11.8 Å². The van der Waals surface area contributed by atoms with Crippen molar-refractivity contribution in [2.24, 2.45) is 4.99 Å². The predicted molar refractivity (Wildman–Crippen MR) is 97.6 cm³/mol. The zero-order valence-corrected chi connectivity index (χ0v) is 14.5. The molecule has 2 aliphatic heterocycles. The zero-order valence-electron chi connectivity index (χ0n) is 13.7. The van der Waals surface area contributed by atoms with E-state index >= 15 is 0 Å². The molecule has 0 aromatic heterocycles. The number of hydrogen-bond donors (Lipinski definition) is 1. The first-order valence-corrected chi connectivity index (χ1v) is 9.12. The molecule has 1 aromatic rings. The fourth-order valence-corrected chi connectivity index (χ4v) is 3.91. The van der Waals surface area contributed by atoms with Crippen molar-refractivity contribution in [3.05, 3.63) is 41.1 Å². The molecule has 1 saturated heterocycles. The number of rotatable bonds is 5. The molecule has 2 amide bonds. The number of nitrogens with one attached hydrogen (secondary N) is 1. The van der Waals surface area contributed by atoms with E-state index in [-0.39, 0.29) is 11.9 Å². The van der Waals surface area contributed by atoms with Crippen LogP contribution in [0.4, 0.5) is 0 Å². The Hall–Kier alpha value is -2.08. The van der Waals surface area contributed by atoms with Crippen LogP contribution in [-0.4, -0.2) is 41.8 Å². The summed E-state index contributed by atoms with van der Waals surface area (Å²) in [5, 5.41) is 2.93. The van der Waals surface area contributed by atoms with Gasteiger partial charge in [0.1, 0.15) is 6.04 Å². The van der Waals surface area contributed by atoms with Gasteiger partial charge in [-0.2, -0.15) is 0 Å². The van der Waals surface area contributed by atoms with Crippen molar-refractivity contribution in [2.75, 3.05) is 12.3 Å². The predicted octanol–water partition coefficient (Wildman–Crippen LogP) is 2.43. The second-order valence-corrected chi connectivity index (χ2v) is 6.98. The second-order valence-electron chi connectivity index (χ2n) is 5.95. The maximum absolute atomic E-state index is 12.2. The quantitative estimate of drug-likeness (QED) is 0.835. The van der Waals surface area contributed by atoms with Gasteiger partial charge in [0.05, 0.1) is 5.70 Å². The van der Waals surface area contributed by atoms with Crippen LogP contribution in [0.1, 0.15) is 30.9 Å². The Morgan fingerprint density at radius 1 is 1.42 bits per heavy atom. The summed E-state index contributed by atoms with van der Waals surface area (Å²) in [4.78, 5) is 30.3. The number of aliphatic imine (C=N–C) groups is 1. The zero-order chi connectivity index (χ0) is 16.9. The van der Waals surface area contributed by atoms with Crippen LogP contribution < -0.4 is 5.32 Å². The van der Waals surface area contributed by atoms with Gasteiger partial charge in [0.2, 0.25) is 12.3 Å². The van der Waals surface area contributed by atoms with Crippen LogP contribution in [0.3, 0.4) is 0 Å². The van der Waals surface area contributed by atoms with Crippen LogP contribution in [0.2, 0.25) is 0 Å². The molecule has 0 aliphatic carbocycles. The molecule has 24 heavy (non-hydrogen) atoms. The van der Waals surface area contributed by atoms with E-state index in [0.717, 1.165) is 41.8 Å². The van der Waals surface area contributed by atoms with Crippen molar-refractivity contribution in [1.29, 1.82) is 0 Å². The van der Waals surface area contributed by atoms with Gasteiger partial charge in [-0.25, -0.2) is 0 Å². The fourth-order valence-electron chi connectivity index (χ4n) is 3.03. The first kappa shape index (κ1) is 16.8. The number of benzene rings is 1. The Morgan fingerprint density at radius 2 is 2.21 bits per heavy atom. The van der Waals surface area contributed by atoms with Gasteiger partial charge in [0.15, 0.2) is 0 Å². The smallest absolute Gasteiger partial charge is 0.243 e. The number of amides is 2. The summed E-state index contributed by atoms with van der Waals surface area (Å²) in [6.45, 7) is 3.17. The Morgan fingerprint density at radius 3 is 2.92 bits per heavy atom. The fraction of sp³-hybridized carbons (Fsp3) is 0.389. The highest BCUT2D eigenvalue weighted by Crippen LogP contribution is 2.33. The van der Waals surface area contributed by atoms with E-state index in [1.54, 1.807) is 16.7 Å². The van der Waals surface area contributed by atoms with Crippen LogP contribution in [-0.2, 0) is 16.1 Å². The summed E-state index contributed by atoms with van der Waals surface area (Å²) < 4.78 is 0. The molecular formula is C18H21N3O2S. The van der Waals surface area contributed by atoms with Gasteiger partial charge in [-0.1, -0.05) is 24.3 Å². The number of carbonyl (C=O) groups excluding carboxylic acids is 2. The van der Waals surface area contributed by atoms with Crippen LogP contribution in [0.25, 0.3) is 4.91 Å². The van der Waals surface area contributed by atoms with Gasteiger partial charge in [0, 0.05) is 30.0 Å². The van der Waals surface area contributed by atoms with Crippen LogP contribution >= 0.6 is 11.8 Å². The van der Waals surface area contributed by atoms with Gasteiger partial charge >= 0.3 is 0 Å². The highest BCUT2D eigenvalue weighted by molar-refractivity contribution is 8.08. The molecule has 6 heteroatoms. The van der Waals surface area contributed by atoms with E-state index in [1.165, 1.54) is 4.91 Å². The summed E-state index contributed by atoms with van der Waals surface area (Å²) in [6.07, 6.45) is 4.33. The van der Waals surface area contributed by atoms with Crippen molar-refractivity contribution in [2.45, 2.75) is 32.4 Å². The second kappa shape index (κ2) is 7.66. The molecule has 126 valence electrons. The molecule has 5 nitrogen and oxygen atoms in total. The minimum atomic E-state index is -0.314. The number of hydrogen-bond acceptors (Lipinski definition) is 4. The molecule has 0 radical (unpaired) electrons. The third-order valence-corrected chi connectivity index (χ3v) is 5.47. The number of allylic oxidation sites excluding steroid dienone is 1. The van der Waals surface area contributed by atoms with Gasteiger partial charge in [-0.05, 0) is 30.9 Å². The molecule has 1 N–H and O–H groups in total. The molecule has 3 rings (SSSR count). The lowest BCUT2D eigenvalue weighted by Crippen LogP contribution is -2.42. The highest BCUT2D eigenvalue weighted by atomic mass is 32.2. The van der Waals surface area contributed by atoms with Crippen molar-refractivity contribution >= 4 is 35.2 Å². The summed E-state index contributed by atoms with van der Waals surface area (Å²) in [6, 6.07) is 7.89. The normalized spacial score (nSPS) is 20.4. The van der Waals surface area contributed by atoms with Crippen LogP contribution in [0.15, 0.2) is 35.0 Å². The lowest BCUT2D eigenvalue weighted by Gasteiger charge is -2.19.